The van der Waals surface area contributed by atoms with Crippen LogP contribution in [0.25, 0.3) is 0 Å². The van der Waals surface area contributed by atoms with Crippen LogP contribution in [0.2, 0.25) is 0 Å². The maximum Gasteiger partial charge on any atom is 0.416 e. The molecule has 2 N–H and O–H groups in total. The summed E-state index contributed by atoms with van der Waals surface area (Å²) in [6.45, 7) is 3.21. The number of benzene rings is 1. The predicted molar refractivity (Wildman–Crippen MR) is 104 cm³/mol. The molecule has 4 amide bonds. The number of nitrogens with zero attached hydrogens (tertiary/aromatic N) is 2. The molecular formula is C20H25F3N4O3. The highest BCUT2D eigenvalue weighted by Crippen LogP contribution is 2.33. The first-order chi connectivity index (χ1) is 14.1. The van der Waals surface area contributed by atoms with Crippen molar-refractivity contribution in [3.63, 3.8) is 0 Å². The Morgan fingerprint density at radius 3 is 1.97 bits per heavy atom. The third-order valence-electron chi connectivity index (χ3n) is 5.70. The first kappa shape index (κ1) is 21.9. The highest BCUT2D eigenvalue weighted by molar-refractivity contribution is 5.96. The summed E-state index contributed by atoms with van der Waals surface area (Å²) < 4.78 is 38.0. The van der Waals surface area contributed by atoms with Gasteiger partial charge >= 0.3 is 12.2 Å². The van der Waals surface area contributed by atoms with Gasteiger partial charge in [-0.25, -0.2) is 4.79 Å². The molecule has 1 heterocycles. The van der Waals surface area contributed by atoms with E-state index in [1.54, 1.807) is 9.80 Å². The summed E-state index contributed by atoms with van der Waals surface area (Å²) in [4.78, 5) is 40.5. The first-order valence-corrected chi connectivity index (χ1v) is 9.92. The molecule has 30 heavy (non-hydrogen) atoms. The third-order valence-corrected chi connectivity index (χ3v) is 5.70. The van der Waals surface area contributed by atoms with Gasteiger partial charge in [0.15, 0.2) is 0 Å². The van der Waals surface area contributed by atoms with Gasteiger partial charge in [0.25, 0.3) is 0 Å². The van der Waals surface area contributed by atoms with Crippen LogP contribution >= 0.6 is 0 Å². The predicted octanol–water partition coefficient (Wildman–Crippen LogP) is 2.83. The van der Waals surface area contributed by atoms with Crippen molar-refractivity contribution in [1.29, 1.82) is 0 Å². The van der Waals surface area contributed by atoms with Crippen molar-refractivity contribution in [3.8, 4) is 0 Å². The normalized spacial score (nSPS) is 18.8. The number of piperazine rings is 1. The second kappa shape index (κ2) is 8.53. The fourth-order valence-corrected chi connectivity index (χ4v) is 4.02. The van der Waals surface area contributed by atoms with E-state index < -0.39 is 23.3 Å². The highest BCUT2D eigenvalue weighted by Gasteiger charge is 2.45. The van der Waals surface area contributed by atoms with E-state index in [0.29, 0.717) is 39.0 Å². The van der Waals surface area contributed by atoms with Crippen LogP contribution < -0.4 is 10.6 Å². The van der Waals surface area contributed by atoms with Crippen molar-refractivity contribution in [1.82, 2.24) is 15.1 Å². The lowest BCUT2D eigenvalue weighted by atomic mass is 9.95. The molecule has 7 nitrogen and oxygen atoms in total. The SMILES string of the molecule is CC(=O)N1CCN(C(=O)C2(NC(=O)Nc3ccc(C(F)(F)F)cc3)CCCC2)CC1. The van der Waals surface area contributed by atoms with Crippen molar-refractivity contribution < 1.29 is 27.6 Å². The van der Waals surface area contributed by atoms with Gasteiger partial charge in [-0.1, -0.05) is 12.8 Å². The van der Waals surface area contributed by atoms with Crippen LogP contribution in [0.3, 0.4) is 0 Å². The summed E-state index contributed by atoms with van der Waals surface area (Å²) in [6, 6.07) is 3.49. The average Bonchev–Trinajstić information content (AvgIpc) is 3.16. The molecule has 0 aromatic heterocycles. The summed E-state index contributed by atoms with van der Waals surface area (Å²) in [5.74, 6) is -0.211. The van der Waals surface area contributed by atoms with E-state index >= 15 is 0 Å². The van der Waals surface area contributed by atoms with E-state index in [1.807, 2.05) is 0 Å². The fraction of sp³-hybridized carbons (Fsp3) is 0.550. The van der Waals surface area contributed by atoms with Crippen LogP contribution in [0.5, 0.6) is 0 Å². The topological polar surface area (TPSA) is 81.8 Å². The first-order valence-electron chi connectivity index (χ1n) is 9.92. The van der Waals surface area contributed by atoms with Gasteiger partial charge in [0.2, 0.25) is 11.8 Å². The number of hydrogen-bond acceptors (Lipinski definition) is 3. The van der Waals surface area contributed by atoms with E-state index in [4.69, 9.17) is 0 Å². The summed E-state index contributed by atoms with van der Waals surface area (Å²) in [5, 5.41) is 5.28. The Hall–Kier alpha value is -2.78. The largest absolute Gasteiger partial charge is 0.416 e. The number of carbonyl (C=O) groups excluding carboxylic acids is 3. The Morgan fingerprint density at radius 1 is 0.933 bits per heavy atom. The smallest absolute Gasteiger partial charge is 0.339 e. The molecule has 10 heteroatoms. The minimum absolute atomic E-state index is 0.0354. The van der Waals surface area contributed by atoms with Gasteiger partial charge in [0.1, 0.15) is 5.54 Å². The molecule has 1 saturated heterocycles. The molecule has 0 spiro atoms. The lowest BCUT2D eigenvalue weighted by molar-refractivity contribution is -0.143. The molecule has 2 fully saturated rings. The molecule has 2 aliphatic rings. The van der Waals surface area contributed by atoms with Crippen molar-refractivity contribution in [2.45, 2.75) is 44.3 Å². The molecule has 0 atom stereocenters. The van der Waals surface area contributed by atoms with Gasteiger partial charge in [-0.05, 0) is 37.1 Å². The molecule has 1 aliphatic carbocycles. The molecule has 0 radical (unpaired) electrons. The molecular weight excluding hydrogens is 401 g/mol. The number of hydrogen-bond donors (Lipinski definition) is 2. The maximum atomic E-state index is 13.2. The Kier molecular flexibility index (Phi) is 6.23. The second-order valence-electron chi connectivity index (χ2n) is 7.74. The van der Waals surface area contributed by atoms with Crippen molar-refractivity contribution in [2.75, 3.05) is 31.5 Å². The zero-order valence-corrected chi connectivity index (χ0v) is 16.7. The number of urea groups is 1. The Balaban J connectivity index is 1.64. The summed E-state index contributed by atoms with van der Waals surface area (Å²) in [5.41, 5.74) is -1.63. The monoisotopic (exact) mass is 426 g/mol. The summed E-state index contributed by atoms with van der Waals surface area (Å²) >= 11 is 0. The number of anilines is 1. The summed E-state index contributed by atoms with van der Waals surface area (Å²) in [6.07, 6.45) is -1.87. The number of carbonyl (C=O) groups is 3. The van der Waals surface area contributed by atoms with Crippen molar-refractivity contribution in [3.05, 3.63) is 29.8 Å². The third kappa shape index (κ3) is 4.85. The van der Waals surface area contributed by atoms with Crippen molar-refractivity contribution in [2.24, 2.45) is 0 Å². The molecule has 0 unspecified atom stereocenters. The number of alkyl halides is 3. The molecule has 1 aromatic rings. The van der Waals surface area contributed by atoms with Crippen LogP contribution in [0.1, 0.15) is 38.2 Å². The number of amides is 4. The number of rotatable bonds is 3. The fourth-order valence-electron chi connectivity index (χ4n) is 4.02. The van der Waals surface area contributed by atoms with Gasteiger partial charge < -0.3 is 20.4 Å². The minimum Gasteiger partial charge on any atom is -0.339 e. The lowest BCUT2D eigenvalue weighted by Gasteiger charge is -2.39. The summed E-state index contributed by atoms with van der Waals surface area (Å²) in [7, 11) is 0. The van der Waals surface area contributed by atoms with Crippen LogP contribution in [-0.4, -0.2) is 59.4 Å². The van der Waals surface area contributed by atoms with Crippen LogP contribution in [0, 0.1) is 0 Å². The van der Waals surface area contributed by atoms with Crippen LogP contribution in [0.15, 0.2) is 24.3 Å². The maximum absolute atomic E-state index is 13.2. The molecule has 164 valence electrons. The lowest BCUT2D eigenvalue weighted by Crippen LogP contribution is -2.62. The quantitative estimate of drug-likeness (QED) is 0.780. The molecule has 1 saturated carbocycles. The average molecular weight is 426 g/mol. The number of nitrogens with one attached hydrogen (secondary N) is 2. The van der Waals surface area contributed by atoms with E-state index in [9.17, 15) is 27.6 Å². The second-order valence-corrected chi connectivity index (χ2v) is 7.74. The van der Waals surface area contributed by atoms with Gasteiger partial charge in [0.05, 0.1) is 5.56 Å². The van der Waals surface area contributed by atoms with Crippen LogP contribution in [-0.2, 0) is 15.8 Å². The van der Waals surface area contributed by atoms with Gasteiger partial charge in [-0.2, -0.15) is 13.2 Å². The van der Waals surface area contributed by atoms with Gasteiger partial charge in [0, 0.05) is 38.8 Å². The van der Waals surface area contributed by atoms with Crippen LogP contribution in [0.4, 0.5) is 23.7 Å². The van der Waals surface area contributed by atoms with Crippen molar-refractivity contribution >= 4 is 23.5 Å². The van der Waals surface area contributed by atoms with Gasteiger partial charge in [-0.3, -0.25) is 9.59 Å². The van der Waals surface area contributed by atoms with E-state index in [-0.39, 0.29) is 17.5 Å². The van der Waals surface area contributed by atoms with E-state index in [1.165, 1.54) is 19.1 Å². The zero-order valence-electron chi connectivity index (χ0n) is 16.7. The minimum atomic E-state index is -4.45. The Bertz CT molecular complexity index is 797. The molecule has 1 aliphatic heterocycles. The molecule has 0 bridgehead atoms. The van der Waals surface area contributed by atoms with E-state index in [0.717, 1.165) is 25.0 Å². The zero-order chi connectivity index (χ0) is 21.9. The highest BCUT2D eigenvalue weighted by atomic mass is 19.4. The van der Waals surface area contributed by atoms with Gasteiger partial charge in [-0.15, -0.1) is 0 Å². The Labute approximate surface area is 172 Å². The molecule has 1 aromatic carbocycles. The molecule has 3 rings (SSSR count). The Morgan fingerprint density at radius 2 is 1.47 bits per heavy atom. The standard InChI is InChI=1S/C20H25F3N4O3/c1-14(28)26-10-12-27(13-11-26)17(29)19(8-2-3-9-19)25-18(30)24-16-6-4-15(5-7-16)20(21,22)23/h4-7H,2-3,8-13H2,1H3,(H2,24,25,30). The van der Waals surface area contributed by atoms with E-state index in [2.05, 4.69) is 10.6 Å². The number of halogens is 3.